The average Bonchev–Trinajstić information content (AvgIpc) is 3.60. The number of halogens is 7. The van der Waals surface area contributed by atoms with Gasteiger partial charge in [0.1, 0.15) is 22.3 Å². The Morgan fingerprint density at radius 1 is 1.21 bits per heavy atom. The van der Waals surface area contributed by atoms with E-state index in [1.54, 1.807) is 0 Å². The zero-order chi connectivity index (χ0) is 25.3. The fourth-order valence-electron chi connectivity index (χ4n) is 2.35. The van der Waals surface area contributed by atoms with Crippen molar-refractivity contribution in [2.24, 2.45) is 0 Å². The van der Waals surface area contributed by atoms with Gasteiger partial charge in [0, 0.05) is 12.1 Å². The number of rotatable bonds is 10. The highest BCUT2D eigenvalue weighted by molar-refractivity contribution is 7.90. The molecule has 8 nitrogen and oxygen atoms in total. The molecule has 2 aromatic rings. The Bertz CT molecular complexity index is 1200. The normalized spacial score (nSPS) is 14.2. The molecule has 186 valence electrons. The SMILES string of the molecule is O=C(NNS(=O)(=O)C1CC1)c1cc(Cl)c(Oc2cnc(OCC(F)(F)C(F)F)c(Cl)c2)cc1F. The summed E-state index contributed by atoms with van der Waals surface area (Å²) in [6, 6.07) is 2.63. The van der Waals surface area contributed by atoms with Crippen molar-refractivity contribution in [3.8, 4) is 17.4 Å². The van der Waals surface area contributed by atoms with Crippen molar-refractivity contribution >= 4 is 39.1 Å². The molecule has 1 aromatic carbocycles. The molecule has 1 fully saturated rings. The lowest BCUT2D eigenvalue weighted by molar-refractivity contribution is -0.148. The molecule has 0 aliphatic heterocycles. The summed E-state index contributed by atoms with van der Waals surface area (Å²) in [5.74, 6) is -7.68. The second-order valence-corrected chi connectivity index (χ2v) is 9.75. The predicted octanol–water partition coefficient (Wildman–Crippen LogP) is 4.33. The Hall–Kier alpha value is -2.42. The van der Waals surface area contributed by atoms with E-state index in [2.05, 4.69) is 9.72 Å². The van der Waals surface area contributed by atoms with Gasteiger partial charge >= 0.3 is 12.3 Å². The van der Waals surface area contributed by atoms with Gasteiger partial charge < -0.3 is 9.47 Å². The number of alkyl halides is 4. The highest BCUT2D eigenvalue weighted by Gasteiger charge is 2.42. The molecule has 0 spiro atoms. The summed E-state index contributed by atoms with van der Waals surface area (Å²) in [5.41, 5.74) is 1.30. The summed E-state index contributed by atoms with van der Waals surface area (Å²) in [7, 11) is -3.76. The van der Waals surface area contributed by atoms with E-state index in [0.717, 1.165) is 24.4 Å². The van der Waals surface area contributed by atoms with E-state index in [4.69, 9.17) is 27.9 Å². The number of carbonyl (C=O) groups is 1. The van der Waals surface area contributed by atoms with Gasteiger partial charge in [0.2, 0.25) is 15.9 Å². The minimum Gasteiger partial charge on any atom is -0.470 e. The summed E-state index contributed by atoms with van der Waals surface area (Å²) in [4.78, 5) is 17.6. The largest absolute Gasteiger partial charge is 0.470 e. The second-order valence-electron chi connectivity index (χ2n) is 6.97. The van der Waals surface area contributed by atoms with Gasteiger partial charge in [-0.2, -0.15) is 8.78 Å². The van der Waals surface area contributed by atoms with Gasteiger partial charge in [0.25, 0.3) is 5.91 Å². The molecule has 1 aromatic heterocycles. The zero-order valence-corrected chi connectivity index (χ0v) is 19.0. The number of nitrogens with zero attached hydrogens (tertiary/aromatic N) is 1. The Kier molecular flexibility index (Phi) is 7.75. The zero-order valence-electron chi connectivity index (χ0n) is 16.6. The van der Waals surface area contributed by atoms with Crippen molar-refractivity contribution in [2.45, 2.75) is 30.4 Å². The lowest BCUT2D eigenvalue weighted by atomic mass is 10.2. The van der Waals surface area contributed by atoms with Crippen LogP contribution in [0.25, 0.3) is 0 Å². The van der Waals surface area contributed by atoms with E-state index >= 15 is 0 Å². The van der Waals surface area contributed by atoms with E-state index < -0.39 is 57.4 Å². The quantitative estimate of drug-likeness (QED) is 0.337. The molecule has 0 radical (unpaired) electrons. The fraction of sp³-hybridized carbons (Fsp3) is 0.333. The van der Waals surface area contributed by atoms with Crippen LogP contribution in [0.4, 0.5) is 22.0 Å². The third kappa shape index (κ3) is 6.37. The molecule has 1 aliphatic carbocycles. The molecule has 0 saturated heterocycles. The van der Waals surface area contributed by atoms with Crippen LogP contribution < -0.4 is 19.7 Å². The molecule has 3 rings (SSSR count). The van der Waals surface area contributed by atoms with Crippen molar-refractivity contribution in [1.29, 1.82) is 0 Å². The summed E-state index contributed by atoms with van der Waals surface area (Å²) < 4.78 is 98.1. The van der Waals surface area contributed by atoms with Gasteiger partial charge in [-0.25, -0.2) is 26.6 Å². The van der Waals surface area contributed by atoms with Gasteiger partial charge in [-0.05, 0) is 18.9 Å². The van der Waals surface area contributed by atoms with Crippen LogP contribution in [0.5, 0.6) is 17.4 Å². The van der Waals surface area contributed by atoms with Crippen LogP contribution in [0.3, 0.4) is 0 Å². The Morgan fingerprint density at radius 3 is 2.47 bits per heavy atom. The van der Waals surface area contributed by atoms with Gasteiger partial charge in [-0.15, -0.1) is 4.83 Å². The first-order valence-electron chi connectivity index (χ1n) is 9.22. The summed E-state index contributed by atoms with van der Waals surface area (Å²) in [6.45, 7) is -1.67. The molecule has 0 unspecified atom stereocenters. The number of hydrogen-bond donors (Lipinski definition) is 2. The minimum absolute atomic E-state index is 0.159. The molecule has 1 aliphatic rings. The number of benzene rings is 1. The number of aromatic nitrogens is 1. The van der Waals surface area contributed by atoms with Gasteiger partial charge in [0.05, 0.1) is 22.0 Å². The summed E-state index contributed by atoms with van der Waals surface area (Å²) >= 11 is 11.8. The first-order chi connectivity index (χ1) is 15.8. The van der Waals surface area contributed by atoms with Crippen molar-refractivity contribution in [2.75, 3.05) is 6.61 Å². The van der Waals surface area contributed by atoms with E-state index in [1.165, 1.54) is 0 Å². The first-order valence-corrected chi connectivity index (χ1v) is 11.5. The molecule has 1 saturated carbocycles. The summed E-state index contributed by atoms with van der Waals surface area (Å²) in [5, 5.41) is -1.25. The summed E-state index contributed by atoms with van der Waals surface area (Å²) in [6.07, 6.45) is -2.13. The topological polar surface area (TPSA) is 107 Å². The van der Waals surface area contributed by atoms with Crippen LogP contribution in [-0.2, 0) is 10.0 Å². The highest BCUT2D eigenvalue weighted by atomic mass is 35.5. The lowest BCUT2D eigenvalue weighted by Crippen LogP contribution is -2.43. The van der Waals surface area contributed by atoms with Crippen LogP contribution in [0.15, 0.2) is 24.4 Å². The molecular weight excluding hydrogens is 536 g/mol. The van der Waals surface area contributed by atoms with E-state index in [0.29, 0.717) is 12.8 Å². The number of amides is 1. The molecule has 34 heavy (non-hydrogen) atoms. The van der Waals surface area contributed by atoms with E-state index in [-0.39, 0.29) is 21.5 Å². The lowest BCUT2D eigenvalue weighted by Gasteiger charge is -2.16. The molecule has 1 amide bonds. The molecule has 1 heterocycles. The maximum absolute atomic E-state index is 14.4. The molecule has 2 N–H and O–H groups in total. The van der Waals surface area contributed by atoms with E-state index in [1.807, 2.05) is 10.3 Å². The monoisotopic (exact) mass is 549 g/mol. The number of pyridine rings is 1. The van der Waals surface area contributed by atoms with Crippen molar-refractivity contribution in [1.82, 2.24) is 15.2 Å². The smallest absolute Gasteiger partial charge is 0.340 e. The van der Waals surface area contributed by atoms with Crippen molar-refractivity contribution in [3.05, 3.63) is 45.8 Å². The van der Waals surface area contributed by atoms with Crippen LogP contribution in [-0.4, -0.2) is 43.5 Å². The minimum atomic E-state index is -4.42. The number of ether oxygens (including phenoxy) is 2. The Balaban J connectivity index is 1.68. The fourth-order valence-corrected chi connectivity index (χ4v) is 3.92. The van der Waals surface area contributed by atoms with Gasteiger partial charge in [-0.3, -0.25) is 10.2 Å². The van der Waals surface area contributed by atoms with Crippen molar-refractivity contribution in [3.63, 3.8) is 0 Å². The van der Waals surface area contributed by atoms with Gasteiger partial charge in [0.15, 0.2) is 6.61 Å². The van der Waals surface area contributed by atoms with Crippen LogP contribution in [0.2, 0.25) is 10.0 Å². The number of nitrogens with one attached hydrogen (secondary N) is 2. The van der Waals surface area contributed by atoms with Crippen molar-refractivity contribution < 1.29 is 44.6 Å². The third-order valence-corrected chi connectivity index (χ3v) is 6.57. The van der Waals surface area contributed by atoms with Crippen LogP contribution >= 0.6 is 23.2 Å². The van der Waals surface area contributed by atoms with Crippen LogP contribution in [0, 0.1) is 5.82 Å². The molecule has 16 heteroatoms. The number of hydrazine groups is 1. The highest BCUT2D eigenvalue weighted by Crippen LogP contribution is 2.35. The van der Waals surface area contributed by atoms with Gasteiger partial charge in [-0.1, -0.05) is 23.2 Å². The first kappa shape index (κ1) is 26.2. The van der Waals surface area contributed by atoms with E-state index in [9.17, 15) is 35.2 Å². The average molecular weight is 550 g/mol. The molecule has 0 bridgehead atoms. The molecular formula is C18H14Cl2F5N3O5S. The Labute approximate surface area is 199 Å². The predicted molar refractivity (Wildman–Crippen MR) is 110 cm³/mol. The maximum atomic E-state index is 14.4. The number of hydrogen-bond acceptors (Lipinski definition) is 6. The Morgan fingerprint density at radius 2 is 1.88 bits per heavy atom. The number of sulfonamides is 1. The second kappa shape index (κ2) is 10.1. The number of carbonyl (C=O) groups excluding carboxylic acids is 1. The maximum Gasteiger partial charge on any atom is 0.340 e. The van der Waals surface area contributed by atoms with Crippen LogP contribution in [0.1, 0.15) is 23.2 Å². The third-order valence-electron chi connectivity index (χ3n) is 4.27. The standard InChI is InChI=1S/C18H14Cl2F5N3O5S/c19-11-4-10(15(29)27-28-34(30,31)9-1-2-9)13(21)5-14(11)33-8-3-12(20)16(26-6-8)32-7-18(24,25)17(22)23/h3-6,9,17,28H,1-2,7H2,(H,27,29). The molecule has 0 atom stereocenters.